The number of thioether (sulfide) groups is 1. The highest BCUT2D eigenvalue weighted by molar-refractivity contribution is 7.98. The molecule has 1 N–H and O–H groups in total. The highest BCUT2D eigenvalue weighted by Gasteiger charge is 2.21. The highest BCUT2D eigenvalue weighted by atomic mass is 35.5. The van der Waals surface area contributed by atoms with Gasteiger partial charge >= 0.3 is 6.61 Å². The molecule has 8 heteroatoms. The Bertz CT molecular complexity index is 631. The van der Waals surface area contributed by atoms with Gasteiger partial charge in [-0.1, -0.05) is 41.6 Å². The molecule has 0 radical (unpaired) electrons. The predicted octanol–water partition coefficient (Wildman–Crippen LogP) is 3.54. The van der Waals surface area contributed by atoms with E-state index in [1.807, 2.05) is 0 Å². The van der Waals surface area contributed by atoms with Crippen LogP contribution in [-0.4, -0.2) is 27.9 Å². The fourth-order valence-electron chi connectivity index (χ4n) is 1.71. The summed E-state index contributed by atoms with van der Waals surface area (Å²) in [6.07, 6.45) is 1.84. The first-order chi connectivity index (χ1) is 10.0. The van der Waals surface area contributed by atoms with Crippen molar-refractivity contribution in [2.75, 3.05) is 6.26 Å². The standard InChI is InChI=1S/C13H11ClF2N2O2S/c1-21-13-17-6-8(14)10(18-13)11(19)7-4-2-3-5-9(7)20-12(15)16/h2-6,11-12,19H,1H3. The number of aliphatic hydroxyl groups is 1. The number of hydrogen-bond donors (Lipinski definition) is 1. The van der Waals surface area contributed by atoms with E-state index >= 15 is 0 Å². The summed E-state index contributed by atoms with van der Waals surface area (Å²) in [4.78, 5) is 8.08. The van der Waals surface area contributed by atoms with E-state index in [1.165, 1.54) is 36.2 Å². The number of hydrogen-bond acceptors (Lipinski definition) is 5. The summed E-state index contributed by atoms with van der Waals surface area (Å²) in [6, 6.07) is 5.94. The Kier molecular flexibility index (Phi) is 5.33. The third-order valence-corrected chi connectivity index (χ3v) is 3.47. The smallest absolute Gasteiger partial charge is 0.387 e. The molecule has 1 atom stereocenters. The average molecular weight is 333 g/mol. The second-order valence-corrected chi connectivity index (χ2v) is 5.09. The summed E-state index contributed by atoms with van der Waals surface area (Å²) in [5.41, 5.74) is 0.298. The lowest BCUT2D eigenvalue weighted by Gasteiger charge is -2.16. The molecule has 0 spiro atoms. The number of para-hydroxylation sites is 1. The topological polar surface area (TPSA) is 55.2 Å². The molecule has 0 saturated carbocycles. The molecule has 1 heterocycles. The fraction of sp³-hybridized carbons (Fsp3) is 0.231. The maximum absolute atomic E-state index is 12.4. The van der Waals surface area contributed by atoms with E-state index < -0.39 is 12.7 Å². The van der Waals surface area contributed by atoms with E-state index in [0.717, 1.165) is 0 Å². The van der Waals surface area contributed by atoms with Crippen molar-refractivity contribution in [2.24, 2.45) is 0 Å². The van der Waals surface area contributed by atoms with Crippen LogP contribution < -0.4 is 4.74 Å². The third kappa shape index (κ3) is 3.81. The summed E-state index contributed by atoms with van der Waals surface area (Å²) in [5.74, 6) is -0.125. The molecule has 2 aromatic rings. The van der Waals surface area contributed by atoms with Crippen molar-refractivity contribution >= 4 is 23.4 Å². The zero-order valence-corrected chi connectivity index (χ0v) is 12.4. The summed E-state index contributed by atoms with van der Waals surface area (Å²) < 4.78 is 29.2. The average Bonchev–Trinajstić information content (AvgIpc) is 2.47. The van der Waals surface area contributed by atoms with Crippen LogP contribution in [0.15, 0.2) is 35.6 Å². The molecule has 0 bridgehead atoms. The maximum Gasteiger partial charge on any atom is 0.387 e. The van der Waals surface area contributed by atoms with E-state index in [9.17, 15) is 13.9 Å². The Balaban J connectivity index is 2.42. The Morgan fingerprint density at radius 2 is 2.05 bits per heavy atom. The van der Waals surface area contributed by atoms with Gasteiger partial charge in [-0.25, -0.2) is 9.97 Å². The van der Waals surface area contributed by atoms with Crippen LogP contribution in [0.5, 0.6) is 5.75 Å². The van der Waals surface area contributed by atoms with Crippen LogP contribution in [0.3, 0.4) is 0 Å². The predicted molar refractivity (Wildman–Crippen MR) is 76.0 cm³/mol. The molecule has 0 fully saturated rings. The van der Waals surface area contributed by atoms with Gasteiger partial charge in [0.05, 0.1) is 16.9 Å². The number of aliphatic hydroxyl groups excluding tert-OH is 1. The van der Waals surface area contributed by atoms with Gasteiger partial charge in [0.15, 0.2) is 5.16 Å². The molecule has 0 aliphatic carbocycles. The van der Waals surface area contributed by atoms with Gasteiger partial charge in [-0.2, -0.15) is 8.78 Å². The highest BCUT2D eigenvalue weighted by Crippen LogP contribution is 2.33. The lowest BCUT2D eigenvalue weighted by Crippen LogP contribution is -2.10. The van der Waals surface area contributed by atoms with Gasteiger partial charge in [-0.15, -0.1) is 0 Å². The number of rotatable bonds is 5. The molecule has 1 aromatic carbocycles. The molecular weight excluding hydrogens is 322 g/mol. The van der Waals surface area contributed by atoms with Crippen molar-refractivity contribution in [1.29, 1.82) is 0 Å². The summed E-state index contributed by atoms with van der Waals surface area (Å²) in [6.45, 7) is -2.99. The van der Waals surface area contributed by atoms with E-state index in [0.29, 0.717) is 5.16 Å². The van der Waals surface area contributed by atoms with Crippen LogP contribution in [-0.2, 0) is 0 Å². The first-order valence-electron chi connectivity index (χ1n) is 5.81. The van der Waals surface area contributed by atoms with Gasteiger partial charge < -0.3 is 9.84 Å². The van der Waals surface area contributed by atoms with Gasteiger partial charge in [-0.3, -0.25) is 0 Å². The maximum atomic E-state index is 12.4. The van der Waals surface area contributed by atoms with Gasteiger partial charge in [0.2, 0.25) is 0 Å². The molecular formula is C13H11ClF2N2O2S. The number of halogens is 3. The van der Waals surface area contributed by atoms with E-state index in [1.54, 1.807) is 12.3 Å². The van der Waals surface area contributed by atoms with Crippen molar-refractivity contribution in [3.05, 3.63) is 46.7 Å². The lowest BCUT2D eigenvalue weighted by atomic mass is 10.1. The van der Waals surface area contributed by atoms with Crippen LogP contribution in [0.1, 0.15) is 17.4 Å². The van der Waals surface area contributed by atoms with Crippen LogP contribution in [0.4, 0.5) is 8.78 Å². The molecule has 1 aromatic heterocycles. The molecule has 0 saturated heterocycles. The Morgan fingerprint density at radius 3 is 2.71 bits per heavy atom. The van der Waals surface area contributed by atoms with Crippen molar-refractivity contribution in [2.45, 2.75) is 17.9 Å². The number of nitrogens with zero attached hydrogens (tertiary/aromatic N) is 2. The lowest BCUT2D eigenvalue weighted by molar-refractivity contribution is -0.0513. The van der Waals surface area contributed by atoms with E-state index in [2.05, 4.69) is 14.7 Å². The molecule has 1 unspecified atom stereocenters. The quantitative estimate of drug-likeness (QED) is 0.670. The van der Waals surface area contributed by atoms with Gasteiger partial charge in [-0.05, 0) is 12.3 Å². The summed E-state index contributed by atoms with van der Waals surface area (Å²) in [7, 11) is 0. The first kappa shape index (κ1) is 15.9. The minimum absolute atomic E-state index is 0.125. The van der Waals surface area contributed by atoms with Crippen molar-refractivity contribution < 1.29 is 18.6 Å². The number of benzene rings is 1. The van der Waals surface area contributed by atoms with Gasteiger partial charge in [0, 0.05) is 5.56 Å². The second kappa shape index (κ2) is 7.02. The van der Waals surface area contributed by atoms with Gasteiger partial charge in [0.1, 0.15) is 11.9 Å². The normalized spacial score (nSPS) is 12.5. The number of ether oxygens (including phenoxy) is 1. The van der Waals surface area contributed by atoms with Crippen molar-refractivity contribution in [3.8, 4) is 5.75 Å². The molecule has 4 nitrogen and oxygen atoms in total. The number of aromatic nitrogens is 2. The van der Waals surface area contributed by atoms with Crippen LogP contribution in [0.2, 0.25) is 5.02 Å². The summed E-state index contributed by atoms with van der Waals surface area (Å²) in [5, 5.41) is 10.9. The second-order valence-electron chi connectivity index (χ2n) is 3.91. The Morgan fingerprint density at radius 1 is 1.33 bits per heavy atom. The van der Waals surface area contributed by atoms with E-state index in [4.69, 9.17) is 11.6 Å². The van der Waals surface area contributed by atoms with Crippen LogP contribution in [0, 0.1) is 0 Å². The van der Waals surface area contributed by atoms with Crippen LogP contribution in [0.25, 0.3) is 0 Å². The van der Waals surface area contributed by atoms with Crippen molar-refractivity contribution in [1.82, 2.24) is 9.97 Å². The zero-order valence-electron chi connectivity index (χ0n) is 10.8. The molecule has 21 heavy (non-hydrogen) atoms. The minimum atomic E-state index is -2.99. The van der Waals surface area contributed by atoms with Gasteiger partial charge in [0.25, 0.3) is 0 Å². The molecule has 0 amide bonds. The Hall–Kier alpha value is -1.44. The number of alkyl halides is 2. The fourth-order valence-corrected chi connectivity index (χ4v) is 2.25. The Labute approximate surface area is 129 Å². The minimum Gasteiger partial charge on any atom is -0.434 e. The zero-order chi connectivity index (χ0) is 15.4. The first-order valence-corrected chi connectivity index (χ1v) is 7.41. The largest absolute Gasteiger partial charge is 0.434 e. The van der Waals surface area contributed by atoms with Crippen LogP contribution >= 0.6 is 23.4 Å². The summed E-state index contributed by atoms with van der Waals surface area (Å²) >= 11 is 7.25. The molecule has 0 aliphatic heterocycles. The van der Waals surface area contributed by atoms with Crippen molar-refractivity contribution in [3.63, 3.8) is 0 Å². The molecule has 0 aliphatic rings. The third-order valence-electron chi connectivity index (χ3n) is 2.62. The molecule has 2 rings (SSSR count). The SMILES string of the molecule is CSc1ncc(Cl)c(C(O)c2ccccc2OC(F)F)n1. The monoisotopic (exact) mass is 332 g/mol. The van der Waals surface area contributed by atoms with E-state index in [-0.39, 0.29) is 22.0 Å². The molecule has 112 valence electrons.